The largest absolute Gasteiger partial charge is 0.494 e. The van der Waals surface area contributed by atoms with E-state index in [1.807, 2.05) is 20.8 Å². The van der Waals surface area contributed by atoms with Crippen LogP contribution in [-0.4, -0.2) is 50.4 Å². The second kappa shape index (κ2) is 14.7. The van der Waals surface area contributed by atoms with E-state index in [9.17, 15) is 22.4 Å². The van der Waals surface area contributed by atoms with Crippen LogP contribution in [0, 0.1) is 5.82 Å². The van der Waals surface area contributed by atoms with E-state index < -0.39 is 40.2 Å². The SMILES string of the molecule is CCOc1ccc(N(CC(=O)N(Cc2ccc(Cl)c(Cl)c2)[C@@H](C)C(=O)N[C@H](C)CC)S(=O)(=O)c2ccc(F)cc2)cc1. The average molecular weight is 639 g/mol. The highest BCUT2D eigenvalue weighted by Gasteiger charge is 2.33. The molecule has 8 nitrogen and oxygen atoms in total. The van der Waals surface area contributed by atoms with Crippen molar-refractivity contribution < 1.29 is 27.1 Å². The predicted octanol–water partition coefficient (Wildman–Crippen LogP) is 6.06. The van der Waals surface area contributed by atoms with Crippen molar-refractivity contribution in [2.75, 3.05) is 17.5 Å². The summed E-state index contributed by atoms with van der Waals surface area (Å²) in [5.74, 6) is -1.13. The van der Waals surface area contributed by atoms with Crippen molar-refractivity contribution in [3.8, 4) is 5.75 Å². The van der Waals surface area contributed by atoms with Gasteiger partial charge in [0.1, 0.15) is 24.2 Å². The first-order valence-electron chi connectivity index (χ1n) is 13.4. The fourth-order valence-electron chi connectivity index (χ4n) is 4.02. The van der Waals surface area contributed by atoms with Crippen LogP contribution < -0.4 is 14.4 Å². The molecule has 0 aliphatic carbocycles. The molecule has 0 aliphatic rings. The minimum Gasteiger partial charge on any atom is -0.494 e. The van der Waals surface area contributed by atoms with Gasteiger partial charge in [-0.1, -0.05) is 36.2 Å². The summed E-state index contributed by atoms with van der Waals surface area (Å²) in [5, 5.41) is 3.47. The molecule has 0 aliphatic heterocycles. The van der Waals surface area contributed by atoms with Crippen LogP contribution in [0.3, 0.4) is 0 Å². The molecule has 0 radical (unpaired) electrons. The van der Waals surface area contributed by atoms with E-state index in [4.69, 9.17) is 27.9 Å². The van der Waals surface area contributed by atoms with Gasteiger partial charge in [-0.15, -0.1) is 0 Å². The Morgan fingerprint density at radius 1 is 0.952 bits per heavy atom. The third-order valence-corrected chi connectivity index (χ3v) is 9.15. The van der Waals surface area contributed by atoms with Gasteiger partial charge in [0.05, 0.1) is 27.2 Å². The van der Waals surface area contributed by atoms with E-state index in [-0.39, 0.29) is 28.2 Å². The first-order valence-corrected chi connectivity index (χ1v) is 15.6. The molecule has 0 fully saturated rings. The van der Waals surface area contributed by atoms with E-state index in [2.05, 4.69) is 5.32 Å². The molecule has 226 valence electrons. The van der Waals surface area contributed by atoms with E-state index in [0.717, 1.165) is 28.6 Å². The van der Waals surface area contributed by atoms with Crippen molar-refractivity contribution in [2.24, 2.45) is 0 Å². The lowest BCUT2D eigenvalue weighted by molar-refractivity contribution is -0.139. The molecule has 0 heterocycles. The van der Waals surface area contributed by atoms with Crippen LogP contribution in [0.2, 0.25) is 10.0 Å². The summed E-state index contributed by atoms with van der Waals surface area (Å²) in [7, 11) is -4.34. The van der Waals surface area contributed by atoms with Crippen LogP contribution in [-0.2, 0) is 26.2 Å². The Hall–Kier alpha value is -3.34. The summed E-state index contributed by atoms with van der Waals surface area (Å²) in [6.07, 6.45) is 0.681. The van der Waals surface area contributed by atoms with Gasteiger partial charge in [0, 0.05) is 12.6 Å². The Kier molecular flexibility index (Phi) is 11.6. The number of ether oxygens (including phenoxy) is 1. The fourth-order valence-corrected chi connectivity index (χ4v) is 5.76. The van der Waals surface area contributed by atoms with Crippen molar-refractivity contribution in [1.29, 1.82) is 0 Å². The normalized spacial score (nSPS) is 12.7. The number of rotatable bonds is 13. The number of hydrogen-bond acceptors (Lipinski definition) is 5. The van der Waals surface area contributed by atoms with Crippen LogP contribution >= 0.6 is 23.2 Å². The van der Waals surface area contributed by atoms with E-state index in [0.29, 0.717) is 29.4 Å². The summed E-state index contributed by atoms with van der Waals surface area (Å²) < 4.78 is 47.7. The molecule has 0 bridgehead atoms. The van der Waals surface area contributed by atoms with Gasteiger partial charge in [-0.3, -0.25) is 13.9 Å². The molecular weight excluding hydrogens is 604 g/mol. The van der Waals surface area contributed by atoms with Crippen molar-refractivity contribution in [2.45, 2.75) is 57.6 Å². The molecule has 0 spiro atoms. The molecule has 3 aromatic carbocycles. The van der Waals surface area contributed by atoms with E-state index >= 15 is 0 Å². The highest BCUT2D eigenvalue weighted by molar-refractivity contribution is 7.92. The molecular formula is C30H34Cl2FN3O5S. The number of anilines is 1. The summed E-state index contributed by atoms with van der Waals surface area (Å²) >= 11 is 12.3. The quantitative estimate of drug-likeness (QED) is 0.246. The molecule has 0 aromatic heterocycles. The number of amides is 2. The second-order valence-corrected chi connectivity index (χ2v) is 12.3. The minimum absolute atomic E-state index is 0.0431. The van der Waals surface area contributed by atoms with Gasteiger partial charge >= 0.3 is 0 Å². The summed E-state index contributed by atoms with van der Waals surface area (Å²) in [6.45, 7) is 6.88. The zero-order valence-electron chi connectivity index (χ0n) is 23.8. The topological polar surface area (TPSA) is 96.0 Å². The maximum absolute atomic E-state index is 14.0. The Labute approximate surface area is 256 Å². The average Bonchev–Trinajstić information content (AvgIpc) is 2.96. The number of carbonyl (C=O) groups excluding carboxylic acids is 2. The molecule has 0 saturated carbocycles. The number of benzene rings is 3. The van der Waals surface area contributed by atoms with Crippen molar-refractivity contribution >= 4 is 50.7 Å². The van der Waals surface area contributed by atoms with Crippen molar-refractivity contribution in [3.05, 3.63) is 88.2 Å². The molecule has 3 aromatic rings. The minimum atomic E-state index is -4.34. The van der Waals surface area contributed by atoms with Gasteiger partial charge in [0.2, 0.25) is 11.8 Å². The zero-order valence-corrected chi connectivity index (χ0v) is 26.1. The molecule has 12 heteroatoms. The zero-order chi connectivity index (χ0) is 31.0. The summed E-state index contributed by atoms with van der Waals surface area (Å²) in [4.78, 5) is 28.2. The number of carbonyl (C=O) groups is 2. The second-order valence-electron chi connectivity index (χ2n) is 9.66. The smallest absolute Gasteiger partial charge is 0.264 e. The van der Waals surface area contributed by atoms with Crippen molar-refractivity contribution in [1.82, 2.24) is 10.2 Å². The van der Waals surface area contributed by atoms with Crippen LogP contribution in [0.25, 0.3) is 0 Å². The standard InChI is InChI=1S/C30H34Cl2FN3O5S/c1-5-20(3)34-30(38)21(4)35(18-22-7-16-27(31)28(32)17-22)29(37)19-36(24-10-12-25(13-11-24)41-6-2)42(39,40)26-14-8-23(33)9-15-26/h7-17,20-21H,5-6,18-19H2,1-4H3,(H,34,38)/t20-,21+/m1/s1. The number of hydrogen-bond donors (Lipinski definition) is 1. The van der Waals surface area contributed by atoms with Gasteiger partial charge in [0.15, 0.2) is 0 Å². The maximum Gasteiger partial charge on any atom is 0.264 e. The number of sulfonamides is 1. The molecule has 1 N–H and O–H groups in total. The Morgan fingerprint density at radius 2 is 1.60 bits per heavy atom. The van der Waals surface area contributed by atoms with Gasteiger partial charge in [-0.05, 0) is 93.4 Å². The third kappa shape index (κ3) is 8.36. The number of nitrogens with one attached hydrogen (secondary N) is 1. The Balaban J connectivity index is 2.04. The molecule has 42 heavy (non-hydrogen) atoms. The Morgan fingerprint density at radius 3 is 2.17 bits per heavy atom. The van der Waals surface area contributed by atoms with Gasteiger partial charge in [-0.2, -0.15) is 0 Å². The molecule has 2 atom stereocenters. The van der Waals surface area contributed by atoms with E-state index in [1.165, 1.54) is 17.0 Å². The molecule has 0 saturated heterocycles. The molecule has 3 rings (SSSR count). The summed E-state index contributed by atoms with van der Waals surface area (Å²) in [6, 6.07) is 14.3. The summed E-state index contributed by atoms with van der Waals surface area (Å²) in [5.41, 5.74) is 0.775. The molecule has 0 unspecified atom stereocenters. The van der Waals surface area contributed by atoms with Crippen LogP contribution in [0.1, 0.15) is 39.7 Å². The monoisotopic (exact) mass is 637 g/mol. The highest BCUT2D eigenvalue weighted by atomic mass is 35.5. The van der Waals surface area contributed by atoms with Crippen LogP contribution in [0.15, 0.2) is 71.6 Å². The third-order valence-electron chi connectivity index (χ3n) is 6.62. The number of halogens is 3. The van der Waals surface area contributed by atoms with Gasteiger partial charge in [-0.25, -0.2) is 12.8 Å². The van der Waals surface area contributed by atoms with Crippen LogP contribution in [0.4, 0.5) is 10.1 Å². The lowest BCUT2D eigenvalue weighted by Crippen LogP contribution is -2.52. The van der Waals surface area contributed by atoms with Gasteiger partial charge in [0.25, 0.3) is 10.0 Å². The van der Waals surface area contributed by atoms with Crippen LogP contribution in [0.5, 0.6) is 5.75 Å². The van der Waals surface area contributed by atoms with E-state index in [1.54, 1.807) is 37.3 Å². The van der Waals surface area contributed by atoms with Gasteiger partial charge < -0.3 is 15.0 Å². The number of nitrogens with zero attached hydrogens (tertiary/aromatic N) is 2. The Bertz CT molecular complexity index is 1490. The predicted molar refractivity (Wildman–Crippen MR) is 163 cm³/mol. The molecule has 2 amide bonds. The lowest BCUT2D eigenvalue weighted by Gasteiger charge is -2.32. The van der Waals surface area contributed by atoms with Crippen molar-refractivity contribution in [3.63, 3.8) is 0 Å². The maximum atomic E-state index is 14.0. The fraction of sp³-hybridized carbons (Fsp3) is 0.333. The first kappa shape index (κ1) is 33.2. The first-order chi connectivity index (χ1) is 19.9. The lowest BCUT2D eigenvalue weighted by atomic mass is 10.1. The highest BCUT2D eigenvalue weighted by Crippen LogP contribution is 2.28.